The minimum absolute atomic E-state index is 0.825. The maximum Gasteiger partial charge on any atom is 0.0206 e. The van der Waals surface area contributed by atoms with Gasteiger partial charge in [-0.25, -0.2) is 0 Å². The number of hydrogen-bond donors (Lipinski definition) is 0. The third kappa shape index (κ3) is 0.803. The van der Waals surface area contributed by atoms with Gasteiger partial charge in [0.15, 0.2) is 0 Å². The van der Waals surface area contributed by atoms with Crippen molar-refractivity contribution < 1.29 is 0 Å². The largest absolute Gasteiger partial charge is 0.0864 e. The summed E-state index contributed by atoms with van der Waals surface area (Å²) in [6.45, 7) is 0. The maximum absolute atomic E-state index is 2.88. The van der Waals surface area contributed by atoms with Crippen molar-refractivity contribution in [1.82, 2.24) is 0 Å². The first-order valence-corrected chi connectivity index (χ1v) is 10.6. The summed E-state index contributed by atoms with van der Waals surface area (Å²) in [4.78, 5) is 0. The molecule has 0 N–H and O–H groups in total. The Morgan fingerprint density at radius 3 is 2.56 bits per heavy atom. The summed E-state index contributed by atoms with van der Waals surface area (Å²) in [6, 6.07) is 0. The Bertz CT molecular complexity index is 379. The summed E-state index contributed by atoms with van der Waals surface area (Å²) in [5, 5.41) is 0. The molecule has 6 rings (SSSR count). The van der Waals surface area contributed by atoms with E-state index in [4.69, 9.17) is 0 Å². The smallest absolute Gasteiger partial charge is 0.0206 e. The first kappa shape index (κ1) is 10.9. The van der Waals surface area contributed by atoms with Crippen molar-refractivity contribution in [2.75, 3.05) is 4.43 Å². The van der Waals surface area contributed by atoms with Gasteiger partial charge in [-0.3, -0.25) is 0 Å². The average Bonchev–Trinajstić information content (AvgIpc) is 2.95. The number of halogens is 3. The number of rotatable bonds is 2. The Balaban J connectivity index is 1.76. The minimum atomic E-state index is 0.825. The molecule has 0 aliphatic heterocycles. The van der Waals surface area contributed by atoms with E-state index < -0.39 is 0 Å². The molecule has 0 spiro atoms. The molecule has 0 amide bonds. The van der Waals surface area contributed by atoms with Crippen molar-refractivity contribution in [3.63, 3.8) is 0 Å². The van der Waals surface area contributed by atoms with Crippen LogP contribution in [0.2, 0.25) is 0 Å². The van der Waals surface area contributed by atoms with Crippen LogP contribution in [0.1, 0.15) is 12.8 Å². The Hall–Kier alpha value is 2.19. The summed E-state index contributed by atoms with van der Waals surface area (Å²) in [6.07, 6.45) is 3.19. The second-order valence-corrected chi connectivity index (χ2v) is 10.6. The molecule has 6 fully saturated rings. The molecule has 0 radical (unpaired) electrons. The zero-order valence-electron chi connectivity index (χ0n) is 8.95. The number of alkyl halides is 3. The molecule has 6 bridgehead atoms. The van der Waals surface area contributed by atoms with Crippen LogP contribution in [0.15, 0.2) is 0 Å². The fraction of sp³-hybridized carbons (Fsp3) is 1.00. The standard InChI is InChI=1S/C13H15I3/c14-2-1-13-9-5-3-4-6(7(5)12(13)16)10(13)11(15)8(4)9/h4-12H,1-3H2/t4-,5-,6-,7+,8+,9+,10-,11+,12-,13+/m0/s1. The van der Waals surface area contributed by atoms with Gasteiger partial charge >= 0.3 is 0 Å². The molecule has 16 heavy (non-hydrogen) atoms. The van der Waals surface area contributed by atoms with E-state index >= 15 is 0 Å². The van der Waals surface area contributed by atoms with Crippen molar-refractivity contribution in [3.05, 3.63) is 0 Å². The van der Waals surface area contributed by atoms with E-state index in [1.165, 1.54) is 39.9 Å². The third-order valence-corrected chi connectivity index (χ3v) is 11.2. The van der Waals surface area contributed by atoms with Crippen LogP contribution >= 0.6 is 67.8 Å². The van der Waals surface area contributed by atoms with Crippen molar-refractivity contribution in [1.29, 1.82) is 0 Å². The molecular weight excluding hydrogens is 537 g/mol. The van der Waals surface area contributed by atoms with Crippen LogP contribution in [0.4, 0.5) is 0 Å². The van der Waals surface area contributed by atoms with Gasteiger partial charge in [0.1, 0.15) is 0 Å². The highest BCUT2D eigenvalue weighted by Gasteiger charge is 2.87. The first-order valence-electron chi connectivity index (χ1n) is 6.57. The highest BCUT2D eigenvalue weighted by Crippen LogP contribution is 2.89. The Morgan fingerprint density at radius 1 is 1.00 bits per heavy atom. The summed E-state index contributed by atoms with van der Waals surface area (Å²) in [5.74, 6) is 8.21. The predicted molar refractivity (Wildman–Crippen MR) is 90.6 cm³/mol. The van der Waals surface area contributed by atoms with E-state index in [1.807, 2.05) is 0 Å². The van der Waals surface area contributed by atoms with Crippen LogP contribution in [0.3, 0.4) is 0 Å². The first-order chi connectivity index (χ1) is 7.73. The molecule has 0 nitrogen and oxygen atoms in total. The predicted octanol–water partition coefficient (Wildman–Crippen LogP) is 4.18. The highest BCUT2D eigenvalue weighted by atomic mass is 127. The Morgan fingerprint density at radius 2 is 1.81 bits per heavy atom. The molecular formula is C13H15I3. The Kier molecular flexibility index (Phi) is 2.11. The summed E-state index contributed by atoms with van der Waals surface area (Å²) < 4.78 is 3.52. The fourth-order valence-corrected chi connectivity index (χ4v) is 12.6. The minimum Gasteiger partial charge on any atom is -0.0864 e. The topological polar surface area (TPSA) is 0 Å². The zero-order valence-corrected chi connectivity index (χ0v) is 15.4. The lowest BCUT2D eigenvalue weighted by atomic mass is 9.62. The summed E-state index contributed by atoms with van der Waals surface area (Å²) in [5.41, 5.74) is 0.825. The lowest BCUT2D eigenvalue weighted by molar-refractivity contribution is 0.0549. The SMILES string of the molecule is ICC[C@@]12[C@@H]3[C@H](I)[C@@H]4[C@H]5C[C@@H]([C@H]([C@H]53)[C@@H]1I)[C@H]42. The fourth-order valence-electron chi connectivity index (χ4n) is 7.35. The van der Waals surface area contributed by atoms with Gasteiger partial charge in [-0.2, -0.15) is 0 Å². The van der Waals surface area contributed by atoms with Crippen LogP contribution < -0.4 is 0 Å². The van der Waals surface area contributed by atoms with Gasteiger partial charge < -0.3 is 0 Å². The molecule has 0 aromatic rings. The van der Waals surface area contributed by atoms with Gasteiger partial charge in [-0.1, -0.05) is 67.8 Å². The molecule has 0 saturated heterocycles. The van der Waals surface area contributed by atoms with Crippen molar-refractivity contribution in [2.45, 2.75) is 20.7 Å². The Labute approximate surface area is 138 Å². The van der Waals surface area contributed by atoms with Gasteiger partial charge in [0.2, 0.25) is 0 Å². The monoisotopic (exact) mass is 552 g/mol. The second kappa shape index (κ2) is 3.09. The molecule has 6 saturated carbocycles. The van der Waals surface area contributed by atoms with Crippen LogP contribution in [-0.2, 0) is 0 Å². The van der Waals surface area contributed by atoms with E-state index in [0.717, 1.165) is 19.2 Å². The molecule has 3 heteroatoms. The number of hydrogen-bond acceptors (Lipinski definition) is 0. The van der Waals surface area contributed by atoms with Crippen LogP contribution in [-0.4, -0.2) is 12.3 Å². The average molecular weight is 552 g/mol. The van der Waals surface area contributed by atoms with Crippen molar-refractivity contribution in [3.8, 4) is 0 Å². The van der Waals surface area contributed by atoms with E-state index in [2.05, 4.69) is 67.8 Å². The molecule has 6 aliphatic rings. The molecule has 0 aromatic carbocycles. The van der Waals surface area contributed by atoms with Crippen molar-refractivity contribution >= 4 is 67.8 Å². The van der Waals surface area contributed by atoms with Gasteiger partial charge in [-0.05, 0) is 59.7 Å². The van der Waals surface area contributed by atoms with Crippen LogP contribution in [0.25, 0.3) is 0 Å². The van der Waals surface area contributed by atoms with E-state index in [-0.39, 0.29) is 0 Å². The molecule has 6 aliphatic carbocycles. The molecule has 0 unspecified atom stereocenters. The normalized spacial score (nSPS) is 76.3. The van der Waals surface area contributed by atoms with E-state index in [9.17, 15) is 0 Å². The van der Waals surface area contributed by atoms with E-state index in [1.54, 1.807) is 12.8 Å². The molecule has 10 atom stereocenters. The molecule has 0 aromatic heterocycles. The highest BCUT2D eigenvalue weighted by molar-refractivity contribution is 14.1. The molecule has 88 valence electrons. The zero-order chi connectivity index (χ0) is 10.8. The summed E-state index contributed by atoms with van der Waals surface area (Å²) >= 11 is 8.37. The van der Waals surface area contributed by atoms with Gasteiger partial charge in [0.25, 0.3) is 0 Å². The lowest BCUT2D eigenvalue weighted by Gasteiger charge is -2.42. The van der Waals surface area contributed by atoms with Crippen LogP contribution in [0.5, 0.6) is 0 Å². The quantitative estimate of drug-likeness (QED) is 0.357. The third-order valence-electron chi connectivity index (χ3n) is 7.09. The lowest BCUT2D eigenvalue weighted by Crippen LogP contribution is -2.40. The second-order valence-electron chi connectivity index (χ2n) is 6.74. The maximum atomic E-state index is 2.88. The summed E-state index contributed by atoms with van der Waals surface area (Å²) in [7, 11) is 0. The van der Waals surface area contributed by atoms with Gasteiger partial charge in [0, 0.05) is 12.3 Å². The van der Waals surface area contributed by atoms with Crippen LogP contribution in [0, 0.1) is 46.8 Å². The van der Waals surface area contributed by atoms with Crippen molar-refractivity contribution in [2.24, 2.45) is 46.8 Å². The van der Waals surface area contributed by atoms with Gasteiger partial charge in [0.05, 0.1) is 0 Å². The molecule has 0 heterocycles. The van der Waals surface area contributed by atoms with E-state index in [0.29, 0.717) is 0 Å². The van der Waals surface area contributed by atoms with Gasteiger partial charge in [-0.15, -0.1) is 0 Å².